The second kappa shape index (κ2) is 5.72. The average Bonchev–Trinajstić information content (AvgIpc) is 2.41. The Kier molecular flexibility index (Phi) is 4.17. The molecule has 1 aliphatic heterocycles. The van der Waals surface area contributed by atoms with Crippen molar-refractivity contribution < 1.29 is 18.5 Å². The van der Waals surface area contributed by atoms with Crippen molar-refractivity contribution in [1.29, 1.82) is 0 Å². The van der Waals surface area contributed by atoms with Crippen molar-refractivity contribution in [3.63, 3.8) is 0 Å². The summed E-state index contributed by atoms with van der Waals surface area (Å²) in [7, 11) is 0. The molecular weight excluding hydrogens is 284 g/mol. The first kappa shape index (κ1) is 15.3. The summed E-state index contributed by atoms with van der Waals surface area (Å²) >= 11 is 0. The standard InChI is InChI=1S/C13H15F2N3O3/c1-13(3-2-4-16-7-13)12(19)17-11-9(15)5-8(14)6-10(11)18(20)21/h5-6,16H,2-4,7H2,1H3,(H,17,19). The summed E-state index contributed by atoms with van der Waals surface area (Å²) in [6.45, 7) is 2.88. The highest BCUT2D eigenvalue weighted by atomic mass is 19.1. The van der Waals surface area contributed by atoms with E-state index >= 15 is 0 Å². The fourth-order valence-electron chi connectivity index (χ4n) is 2.34. The summed E-state index contributed by atoms with van der Waals surface area (Å²) in [5, 5.41) is 16.2. The quantitative estimate of drug-likeness (QED) is 0.662. The minimum atomic E-state index is -1.16. The molecule has 0 saturated carbocycles. The maximum atomic E-state index is 13.7. The van der Waals surface area contributed by atoms with Crippen molar-refractivity contribution in [1.82, 2.24) is 5.32 Å². The van der Waals surface area contributed by atoms with E-state index in [0.717, 1.165) is 13.0 Å². The number of carbonyl (C=O) groups excluding carboxylic acids is 1. The van der Waals surface area contributed by atoms with E-state index in [-0.39, 0.29) is 0 Å². The fourth-order valence-corrected chi connectivity index (χ4v) is 2.34. The van der Waals surface area contributed by atoms with Gasteiger partial charge in [0.15, 0.2) is 11.5 Å². The molecule has 1 aliphatic rings. The van der Waals surface area contributed by atoms with Crippen LogP contribution in [-0.2, 0) is 4.79 Å². The lowest BCUT2D eigenvalue weighted by molar-refractivity contribution is -0.384. The highest BCUT2D eigenvalue weighted by Crippen LogP contribution is 2.32. The number of halogens is 2. The van der Waals surface area contributed by atoms with E-state index in [4.69, 9.17) is 0 Å². The van der Waals surface area contributed by atoms with Crippen LogP contribution in [0.1, 0.15) is 19.8 Å². The molecule has 1 atom stereocenters. The number of nitro groups is 1. The summed E-state index contributed by atoms with van der Waals surface area (Å²) < 4.78 is 26.8. The van der Waals surface area contributed by atoms with E-state index in [0.29, 0.717) is 25.1 Å². The molecule has 1 saturated heterocycles. The monoisotopic (exact) mass is 299 g/mol. The Hall–Kier alpha value is -2.09. The number of hydrogen-bond donors (Lipinski definition) is 2. The van der Waals surface area contributed by atoms with E-state index in [2.05, 4.69) is 10.6 Å². The molecule has 0 spiro atoms. The van der Waals surface area contributed by atoms with Gasteiger partial charge in [0, 0.05) is 12.6 Å². The van der Waals surface area contributed by atoms with Crippen LogP contribution in [0.5, 0.6) is 0 Å². The molecule has 6 nitrogen and oxygen atoms in total. The lowest BCUT2D eigenvalue weighted by Gasteiger charge is -2.32. The molecule has 0 radical (unpaired) electrons. The lowest BCUT2D eigenvalue weighted by atomic mass is 9.82. The SMILES string of the molecule is CC1(C(=O)Nc2c(F)cc(F)cc2[N+](=O)[O-])CCCNC1. The number of hydrogen-bond acceptors (Lipinski definition) is 4. The third kappa shape index (κ3) is 3.15. The Balaban J connectivity index is 2.30. The topological polar surface area (TPSA) is 84.3 Å². The van der Waals surface area contributed by atoms with Gasteiger partial charge in [-0.1, -0.05) is 0 Å². The second-order valence-corrected chi connectivity index (χ2v) is 5.33. The van der Waals surface area contributed by atoms with Gasteiger partial charge < -0.3 is 10.6 Å². The molecule has 1 fully saturated rings. The van der Waals surface area contributed by atoms with Crippen LogP contribution >= 0.6 is 0 Å². The summed E-state index contributed by atoms with van der Waals surface area (Å²) in [5.41, 5.74) is -2.18. The smallest absolute Gasteiger partial charge is 0.298 e. The molecule has 0 aliphatic carbocycles. The van der Waals surface area contributed by atoms with Crippen molar-refractivity contribution in [2.45, 2.75) is 19.8 Å². The number of piperidine rings is 1. The lowest BCUT2D eigenvalue weighted by Crippen LogP contribution is -2.46. The van der Waals surface area contributed by atoms with Crippen LogP contribution in [0.25, 0.3) is 0 Å². The van der Waals surface area contributed by atoms with Gasteiger partial charge in [-0.05, 0) is 26.3 Å². The molecule has 2 N–H and O–H groups in total. The molecule has 1 aromatic carbocycles. The third-order valence-electron chi connectivity index (χ3n) is 3.61. The van der Waals surface area contributed by atoms with Crippen LogP contribution in [0.15, 0.2) is 12.1 Å². The van der Waals surface area contributed by atoms with Gasteiger partial charge in [0.05, 0.1) is 16.4 Å². The zero-order chi connectivity index (χ0) is 15.6. The summed E-state index contributed by atoms with van der Waals surface area (Å²) in [4.78, 5) is 22.2. The maximum absolute atomic E-state index is 13.7. The van der Waals surface area contributed by atoms with E-state index in [9.17, 15) is 23.7 Å². The van der Waals surface area contributed by atoms with Gasteiger partial charge in [-0.3, -0.25) is 14.9 Å². The zero-order valence-corrected chi connectivity index (χ0v) is 11.4. The van der Waals surface area contributed by atoms with Crippen LogP contribution in [0.3, 0.4) is 0 Å². The number of nitrogens with one attached hydrogen (secondary N) is 2. The molecule has 21 heavy (non-hydrogen) atoms. The average molecular weight is 299 g/mol. The summed E-state index contributed by atoms with van der Waals surface area (Å²) in [6.07, 6.45) is 1.36. The van der Waals surface area contributed by atoms with Crippen LogP contribution in [-0.4, -0.2) is 23.9 Å². The van der Waals surface area contributed by atoms with Crippen molar-refractivity contribution >= 4 is 17.3 Å². The van der Waals surface area contributed by atoms with Crippen molar-refractivity contribution in [3.05, 3.63) is 33.9 Å². The molecular formula is C13H15F2N3O3. The Morgan fingerprint density at radius 2 is 2.19 bits per heavy atom. The van der Waals surface area contributed by atoms with Gasteiger partial charge in [-0.2, -0.15) is 0 Å². The number of nitro benzene ring substituents is 1. The van der Waals surface area contributed by atoms with Gasteiger partial charge >= 0.3 is 0 Å². The second-order valence-electron chi connectivity index (χ2n) is 5.33. The fraction of sp³-hybridized carbons (Fsp3) is 0.462. The first-order valence-corrected chi connectivity index (χ1v) is 6.49. The van der Waals surface area contributed by atoms with Crippen LogP contribution in [0.4, 0.5) is 20.2 Å². The summed E-state index contributed by atoms with van der Waals surface area (Å²) in [5.74, 6) is -2.76. The molecule has 0 aromatic heterocycles. The van der Waals surface area contributed by atoms with E-state index < -0.39 is 39.3 Å². The Bertz CT molecular complexity index is 586. The Labute approximate surface area is 119 Å². The number of anilines is 1. The van der Waals surface area contributed by atoms with E-state index in [1.165, 1.54) is 0 Å². The molecule has 1 amide bonds. The normalized spacial score (nSPS) is 21.9. The predicted molar refractivity (Wildman–Crippen MR) is 71.9 cm³/mol. The van der Waals surface area contributed by atoms with Gasteiger partial charge in [0.1, 0.15) is 5.82 Å². The Morgan fingerprint density at radius 1 is 1.48 bits per heavy atom. The number of carbonyl (C=O) groups is 1. The van der Waals surface area contributed by atoms with Gasteiger partial charge in [0.2, 0.25) is 5.91 Å². The largest absolute Gasteiger partial charge is 0.317 e. The highest BCUT2D eigenvalue weighted by molar-refractivity contribution is 5.97. The molecule has 8 heteroatoms. The van der Waals surface area contributed by atoms with Crippen molar-refractivity contribution in [2.75, 3.05) is 18.4 Å². The van der Waals surface area contributed by atoms with Crippen LogP contribution in [0.2, 0.25) is 0 Å². The number of amides is 1. The van der Waals surface area contributed by atoms with Gasteiger partial charge in [-0.15, -0.1) is 0 Å². The molecule has 0 bridgehead atoms. The van der Waals surface area contributed by atoms with Crippen LogP contribution in [0, 0.1) is 27.2 Å². The first-order chi connectivity index (χ1) is 9.83. The first-order valence-electron chi connectivity index (χ1n) is 6.49. The van der Waals surface area contributed by atoms with Crippen molar-refractivity contribution in [3.8, 4) is 0 Å². The van der Waals surface area contributed by atoms with E-state index in [1.807, 2.05) is 0 Å². The minimum Gasteiger partial charge on any atom is -0.317 e. The Morgan fingerprint density at radius 3 is 2.76 bits per heavy atom. The maximum Gasteiger partial charge on any atom is 0.298 e. The van der Waals surface area contributed by atoms with Gasteiger partial charge in [-0.25, -0.2) is 8.78 Å². The molecule has 114 valence electrons. The minimum absolute atomic E-state index is 0.398. The van der Waals surface area contributed by atoms with E-state index in [1.54, 1.807) is 6.92 Å². The van der Waals surface area contributed by atoms with Crippen molar-refractivity contribution in [2.24, 2.45) is 5.41 Å². The predicted octanol–water partition coefficient (Wildman–Crippen LogP) is 2.20. The number of rotatable bonds is 3. The molecule has 1 aromatic rings. The highest BCUT2D eigenvalue weighted by Gasteiger charge is 2.36. The number of nitrogens with zero attached hydrogens (tertiary/aromatic N) is 1. The zero-order valence-electron chi connectivity index (χ0n) is 11.4. The van der Waals surface area contributed by atoms with Crippen LogP contribution < -0.4 is 10.6 Å². The molecule has 2 rings (SSSR count). The molecule has 1 unspecified atom stereocenters. The van der Waals surface area contributed by atoms with Gasteiger partial charge in [0.25, 0.3) is 5.69 Å². The third-order valence-corrected chi connectivity index (χ3v) is 3.61. The number of benzene rings is 1. The summed E-state index contributed by atoms with van der Waals surface area (Å²) in [6, 6.07) is 1.09. The molecule has 1 heterocycles.